The summed E-state index contributed by atoms with van der Waals surface area (Å²) in [5.74, 6) is -1.17. The lowest BCUT2D eigenvalue weighted by atomic mass is 9.92. The Morgan fingerprint density at radius 3 is 2.29 bits per heavy atom. The fourth-order valence-corrected chi connectivity index (χ4v) is 0.653. The van der Waals surface area contributed by atoms with Gasteiger partial charge in [0, 0.05) is 6.54 Å². The first-order valence-electron chi connectivity index (χ1n) is 4.26. The molecule has 0 saturated carbocycles. The van der Waals surface area contributed by atoms with Gasteiger partial charge in [-0.25, -0.2) is 0 Å². The number of nitrogens with one attached hydrogen (secondary N) is 1. The Bertz CT molecular complexity index is 228. The van der Waals surface area contributed by atoms with Gasteiger partial charge in [0.25, 0.3) is 0 Å². The number of carbonyl (C=O) groups excluding carboxylic acids is 2. The number of nitrogens with two attached hydrogens (primary N) is 2. The van der Waals surface area contributed by atoms with E-state index in [1.807, 2.05) is 0 Å². The summed E-state index contributed by atoms with van der Waals surface area (Å²) in [6, 6.07) is -1.05. The molecule has 14 heavy (non-hydrogen) atoms. The van der Waals surface area contributed by atoms with Crippen molar-refractivity contribution < 1.29 is 14.7 Å². The molecule has 0 aromatic heterocycles. The smallest absolute Gasteiger partial charge is 0.242 e. The maximum absolute atomic E-state index is 11.5. The summed E-state index contributed by atoms with van der Waals surface area (Å²) in [6.45, 7) is 2.91. The Labute approximate surface area is 82.6 Å². The Balaban J connectivity index is 4.37. The molecule has 0 unspecified atom stereocenters. The van der Waals surface area contributed by atoms with E-state index in [0.29, 0.717) is 0 Å². The molecule has 0 bridgehead atoms. The quantitative estimate of drug-likeness (QED) is 0.410. The first-order valence-corrected chi connectivity index (χ1v) is 4.26. The summed E-state index contributed by atoms with van der Waals surface area (Å²) in [6.07, 6.45) is 0. The SMILES string of the molecule is CC(C)(CN)C(=O)N[C@@H](CO)C(N)=O. The van der Waals surface area contributed by atoms with Crippen LogP contribution in [0.4, 0.5) is 0 Å². The van der Waals surface area contributed by atoms with Crippen LogP contribution in [-0.2, 0) is 9.59 Å². The van der Waals surface area contributed by atoms with Gasteiger partial charge >= 0.3 is 0 Å². The van der Waals surface area contributed by atoms with Crippen molar-refractivity contribution in [2.45, 2.75) is 19.9 Å². The van der Waals surface area contributed by atoms with Crippen LogP contribution in [0.1, 0.15) is 13.8 Å². The average molecular weight is 203 g/mol. The zero-order chi connectivity index (χ0) is 11.4. The predicted octanol–water partition coefficient (Wildman–Crippen LogP) is -2.07. The highest BCUT2D eigenvalue weighted by Crippen LogP contribution is 2.12. The topological polar surface area (TPSA) is 118 Å². The van der Waals surface area contributed by atoms with Crippen LogP contribution >= 0.6 is 0 Å². The van der Waals surface area contributed by atoms with E-state index in [9.17, 15) is 9.59 Å². The van der Waals surface area contributed by atoms with Crippen molar-refractivity contribution in [2.75, 3.05) is 13.2 Å². The molecule has 2 amide bonds. The third kappa shape index (κ3) is 3.31. The van der Waals surface area contributed by atoms with E-state index in [4.69, 9.17) is 16.6 Å². The van der Waals surface area contributed by atoms with Crippen molar-refractivity contribution in [1.29, 1.82) is 0 Å². The maximum Gasteiger partial charge on any atom is 0.242 e. The van der Waals surface area contributed by atoms with Gasteiger partial charge in [0.2, 0.25) is 11.8 Å². The highest BCUT2D eigenvalue weighted by Gasteiger charge is 2.28. The number of amides is 2. The van der Waals surface area contributed by atoms with Gasteiger partial charge in [-0.05, 0) is 13.8 Å². The standard InChI is InChI=1S/C8H17N3O3/c1-8(2,4-9)7(14)11-5(3-12)6(10)13/h5,12H,3-4,9H2,1-2H3,(H2,10,13)(H,11,14)/t5-/m0/s1. The zero-order valence-electron chi connectivity index (χ0n) is 8.41. The van der Waals surface area contributed by atoms with Gasteiger partial charge in [-0.15, -0.1) is 0 Å². The van der Waals surface area contributed by atoms with Gasteiger partial charge in [0.1, 0.15) is 6.04 Å². The summed E-state index contributed by atoms with van der Waals surface area (Å²) >= 11 is 0. The Hall–Kier alpha value is -1.14. The number of aliphatic hydroxyl groups is 1. The highest BCUT2D eigenvalue weighted by molar-refractivity contribution is 5.89. The van der Waals surface area contributed by atoms with Crippen LogP contribution in [0.5, 0.6) is 0 Å². The van der Waals surface area contributed by atoms with Crippen LogP contribution in [-0.4, -0.2) is 36.1 Å². The van der Waals surface area contributed by atoms with E-state index in [1.165, 1.54) is 0 Å². The predicted molar refractivity (Wildman–Crippen MR) is 51.0 cm³/mol. The minimum atomic E-state index is -1.05. The van der Waals surface area contributed by atoms with E-state index in [1.54, 1.807) is 13.8 Å². The number of hydrogen-bond donors (Lipinski definition) is 4. The van der Waals surface area contributed by atoms with Crippen molar-refractivity contribution in [3.63, 3.8) is 0 Å². The summed E-state index contributed by atoms with van der Waals surface area (Å²) in [4.78, 5) is 22.2. The van der Waals surface area contributed by atoms with Gasteiger partial charge in [0.15, 0.2) is 0 Å². The summed E-state index contributed by atoms with van der Waals surface area (Å²) < 4.78 is 0. The second-order valence-corrected chi connectivity index (χ2v) is 3.70. The minimum Gasteiger partial charge on any atom is -0.394 e. The van der Waals surface area contributed by atoms with Crippen LogP contribution < -0.4 is 16.8 Å². The van der Waals surface area contributed by atoms with Gasteiger partial charge in [-0.1, -0.05) is 0 Å². The first-order chi connectivity index (χ1) is 6.35. The fourth-order valence-electron chi connectivity index (χ4n) is 0.653. The molecule has 1 atom stereocenters. The highest BCUT2D eigenvalue weighted by atomic mass is 16.3. The summed E-state index contributed by atoms with van der Waals surface area (Å²) in [7, 11) is 0. The Morgan fingerprint density at radius 1 is 1.50 bits per heavy atom. The van der Waals surface area contributed by atoms with Crippen LogP contribution in [0, 0.1) is 5.41 Å². The van der Waals surface area contributed by atoms with Gasteiger partial charge in [0.05, 0.1) is 12.0 Å². The average Bonchev–Trinajstić information content (AvgIpc) is 2.12. The normalized spacial score (nSPS) is 13.4. The summed E-state index contributed by atoms with van der Waals surface area (Å²) in [5, 5.41) is 11.1. The molecule has 6 N–H and O–H groups in total. The molecule has 0 radical (unpaired) electrons. The molecule has 0 fully saturated rings. The fraction of sp³-hybridized carbons (Fsp3) is 0.750. The molecule has 0 aromatic carbocycles. The lowest BCUT2D eigenvalue weighted by Gasteiger charge is -2.23. The monoisotopic (exact) mass is 203 g/mol. The molecule has 0 saturated heterocycles. The lowest BCUT2D eigenvalue weighted by Crippen LogP contribution is -2.52. The molecule has 0 aliphatic rings. The molecule has 82 valence electrons. The van der Waals surface area contributed by atoms with Crippen molar-refractivity contribution in [3.05, 3.63) is 0 Å². The third-order valence-electron chi connectivity index (χ3n) is 1.96. The molecule has 0 aliphatic carbocycles. The molecule has 0 rings (SSSR count). The number of hydrogen-bond acceptors (Lipinski definition) is 4. The molecule has 0 aliphatic heterocycles. The number of carbonyl (C=O) groups is 2. The molecule has 0 heterocycles. The number of primary amides is 1. The van der Waals surface area contributed by atoms with Crippen LogP contribution in [0.2, 0.25) is 0 Å². The Kier molecular flexibility index (Phi) is 4.52. The third-order valence-corrected chi connectivity index (χ3v) is 1.96. The molecule has 6 heteroatoms. The van der Waals surface area contributed by atoms with E-state index in [2.05, 4.69) is 5.32 Å². The van der Waals surface area contributed by atoms with Crippen LogP contribution in [0.25, 0.3) is 0 Å². The first kappa shape index (κ1) is 12.9. The lowest BCUT2D eigenvalue weighted by molar-refractivity contribution is -0.133. The van der Waals surface area contributed by atoms with Crippen molar-refractivity contribution in [2.24, 2.45) is 16.9 Å². The molecule has 6 nitrogen and oxygen atoms in total. The largest absolute Gasteiger partial charge is 0.394 e. The number of rotatable bonds is 5. The van der Waals surface area contributed by atoms with Gasteiger partial charge in [-0.2, -0.15) is 0 Å². The van der Waals surface area contributed by atoms with Crippen molar-refractivity contribution >= 4 is 11.8 Å². The second-order valence-electron chi connectivity index (χ2n) is 3.70. The van der Waals surface area contributed by atoms with Crippen LogP contribution in [0.3, 0.4) is 0 Å². The minimum absolute atomic E-state index is 0.149. The van der Waals surface area contributed by atoms with Gasteiger partial charge < -0.3 is 21.9 Å². The van der Waals surface area contributed by atoms with E-state index in [0.717, 1.165) is 0 Å². The molecule has 0 spiro atoms. The maximum atomic E-state index is 11.5. The summed E-state index contributed by atoms with van der Waals surface area (Å²) in [5.41, 5.74) is 9.52. The van der Waals surface area contributed by atoms with E-state index < -0.39 is 29.9 Å². The van der Waals surface area contributed by atoms with Gasteiger partial charge in [-0.3, -0.25) is 9.59 Å². The molecular formula is C8H17N3O3. The molecular weight excluding hydrogens is 186 g/mol. The number of aliphatic hydroxyl groups excluding tert-OH is 1. The van der Waals surface area contributed by atoms with Crippen LogP contribution in [0.15, 0.2) is 0 Å². The zero-order valence-corrected chi connectivity index (χ0v) is 8.41. The van der Waals surface area contributed by atoms with E-state index >= 15 is 0 Å². The van der Waals surface area contributed by atoms with Crippen molar-refractivity contribution in [3.8, 4) is 0 Å². The Morgan fingerprint density at radius 2 is 2.00 bits per heavy atom. The van der Waals surface area contributed by atoms with Crippen molar-refractivity contribution in [1.82, 2.24) is 5.32 Å². The molecule has 0 aromatic rings. The van der Waals surface area contributed by atoms with E-state index in [-0.39, 0.29) is 6.54 Å². The second kappa shape index (κ2) is 4.92.